The van der Waals surface area contributed by atoms with Crippen molar-refractivity contribution in [2.45, 2.75) is 26.8 Å². The Morgan fingerprint density at radius 2 is 2.22 bits per heavy atom. The first kappa shape index (κ1) is 12.9. The highest BCUT2D eigenvalue weighted by Gasteiger charge is 2.08. The topological polar surface area (TPSA) is 76.9 Å². The molecule has 0 spiro atoms. The van der Waals surface area contributed by atoms with Gasteiger partial charge in [0.15, 0.2) is 0 Å². The molecule has 0 saturated heterocycles. The minimum absolute atomic E-state index is 0.0351. The Morgan fingerprint density at radius 1 is 1.44 bits per heavy atom. The summed E-state index contributed by atoms with van der Waals surface area (Å²) in [6.45, 7) is 4.06. The van der Waals surface area contributed by atoms with Crippen LogP contribution in [-0.4, -0.2) is 20.7 Å². The summed E-state index contributed by atoms with van der Waals surface area (Å²) in [4.78, 5) is 23.1. The van der Waals surface area contributed by atoms with E-state index in [4.69, 9.17) is 0 Å². The molecular weight excluding hydrogens is 272 g/mol. The normalized spacial score (nSPS) is 10.6. The van der Waals surface area contributed by atoms with Crippen molar-refractivity contribution in [3.8, 4) is 0 Å². The maximum Gasteiger partial charge on any atom is 0.307 e. The number of anilines is 1. The van der Waals surface area contributed by atoms with Crippen molar-refractivity contribution in [3.63, 3.8) is 0 Å². The molecule has 0 fully saturated rings. The molecule has 0 aliphatic rings. The lowest BCUT2D eigenvalue weighted by molar-refractivity contribution is -0.116. The number of aryl methyl sites for hydroxylation is 2. The van der Waals surface area contributed by atoms with E-state index in [-0.39, 0.29) is 17.2 Å². The Kier molecular flexibility index (Phi) is 3.87. The van der Waals surface area contributed by atoms with Gasteiger partial charge in [-0.25, -0.2) is 0 Å². The van der Waals surface area contributed by atoms with Gasteiger partial charge in [-0.05, 0) is 13.8 Å². The molecule has 0 saturated carbocycles. The van der Waals surface area contributed by atoms with Gasteiger partial charge in [0.2, 0.25) is 11.0 Å². The number of amides is 1. The van der Waals surface area contributed by atoms with E-state index < -0.39 is 0 Å². The lowest BCUT2D eigenvalue weighted by Crippen LogP contribution is -2.20. The van der Waals surface area contributed by atoms with Gasteiger partial charge >= 0.3 is 4.87 Å². The maximum atomic E-state index is 11.7. The summed E-state index contributed by atoms with van der Waals surface area (Å²) >= 11 is 2.47. The van der Waals surface area contributed by atoms with Crippen LogP contribution in [-0.2, 0) is 11.3 Å². The molecule has 0 bridgehead atoms. The Bertz CT molecular complexity index is 613. The predicted molar refractivity (Wildman–Crippen MR) is 71.2 cm³/mol. The summed E-state index contributed by atoms with van der Waals surface area (Å²) in [5.41, 5.74) is 0.879. The number of nitrogens with one attached hydrogen (secondary N) is 1. The molecule has 8 heteroatoms. The summed E-state index contributed by atoms with van der Waals surface area (Å²) in [5.74, 6) is -0.163. The van der Waals surface area contributed by atoms with Crippen LogP contribution in [0.2, 0.25) is 0 Å². The van der Waals surface area contributed by atoms with E-state index in [0.29, 0.717) is 11.7 Å². The molecule has 0 atom stereocenters. The third-order valence-electron chi connectivity index (χ3n) is 2.31. The summed E-state index contributed by atoms with van der Waals surface area (Å²) in [6.07, 6.45) is 0.246. The van der Waals surface area contributed by atoms with Gasteiger partial charge in [-0.15, -0.1) is 10.2 Å². The third kappa shape index (κ3) is 3.02. The monoisotopic (exact) mass is 284 g/mol. The molecule has 0 radical (unpaired) electrons. The van der Waals surface area contributed by atoms with Crippen LogP contribution in [0.5, 0.6) is 0 Å². The second kappa shape index (κ2) is 5.40. The maximum absolute atomic E-state index is 11.7. The van der Waals surface area contributed by atoms with Crippen LogP contribution >= 0.6 is 22.7 Å². The van der Waals surface area contributed by atoms with Crippen LogP contribution in [0, 0.1) is 13.8 Å². The van der Waals surface area contributed by atoms with Crippen molar-refractivity contribution in [1.29, 1.82) is 0 Å². The highest BCUT2D eigenvalue weighted by Crippen LogP contribution is 2.13. The summed E-state index contributed by atoms with van der Waals surface area (Å²) in [7, 11) is 0. The fraction of sp³-hybridized carbons (Fsp3) is 0.400. The lowest BCUT2D eigenvalue weighted by atomic mass is 10.4. The average Bonchev–Trinajstić information content (AvgIpc) is 2.84. The first-order valence-electron chi connectivity index (χ1n) is 5.31. The van der Waals surface area contributed by atoms with E-state index in [0.717, 1.165) is 22.0 Å². The lowest BCUT2D eigenvalue weighted by Gasteiger charge is -2.03. The number of thiazole rings is 1. The van der Waals surface area contributed by atoms with Crippen LogP contribution in [0.25, 0.3) is 0 Å². The number of hydrogen-bond donors (Lipinski definition) is 1. The van der Waals surface area contributed by atoms with Crippen molar-refractivity contribution < 1.29 is 4.79 Å². The molecule has 0 unspecified atom stereocenters. The molecule has 0 aliphatic carbocycles. The Balaban J connectivity index is 1.91. The van der Waals surface area contributed by atoms with Crippen LogP contribution < -0.4 is 10.2 Å². The van der Waals surface area contributed by atoms with Gasteiger partial charge in [0.05, 0.1) is 0 Å². The van der Waals surface area contributed by atoms with Crippen LogP contribution in [0.1, 0.15) is 17.1 Å². The largest absolute Gasteiger partial charge is 0.307 e. The van der Waals surface area contributed by atoms with Gasteiger partial charge in [0.1, 0.15) is 5.01 Å². The highest BCUT2D eigenvalue weighted by molar-refractivity contribution is 7.15. The second-order valence-electron chi connectivity index (χ2n) is 3.72. The first-order chi connectivity index (χ1) is 8.56. The van der Waals surface area contributed by atoms with E-state index in [1.807, 2.05) is 13.8 Å². The van der Waals surface area contributed by atoms with Gasteiger partial charge in [-0.1, -0.05) is 22.7 Å². The zero-order chi connectivity index (χ0) is 13.1. The first-order valence-corrected chi connectivity index (χ1v) is 7.01. The van der Waals surface area contributed by atoms with E-state index in [1.54, 1.807) is 9.95 Å². The number of aromatic nitrogens is 3. The number of carbonyl (C=O) groups is 1. The molecule has 2 heterocycles. The number of nitrogens with zero attached hydrogens (tertiary/aromatic N) is 3. The molecule has 96 valence electrons. The molecular formula is C10H12N4O2S2. The minimum atomic E-state index is -0.163. The number of carbonyl (C=O) groups excluding carboxylic acids is 1. The van der Waals surface area contributed by atoms with E-state index in [1.165, 1.54) is 11.3 Å². The number of rotatable bonds is 4. The molecule has 6 nitrogen and oxygen atoms in total. The summed E-state index contributed by atoms with van der Waals surface area (Å²) in [5, 5.41) is 13.4. The smallest absolute Gasteiger partial charge is 0.303 e. The summed E-state index contributed by atoms with van der Waals surface area (Å²) in [6, 6.07) is 0. The molecule has 18 heavy (non-hydrogen) atoms. The van der Waals surface area contributed by atoms with Crippen molar-refractivity contribution in [1.82, 2.24) is 14.8 Å². The number of hydrogen-bond acceptors (Lipinski definition) is 6. The van der Waals surface area contributed by atoms with Gasteiger partial charge in [-0.3, -0.25) is 9.59 Å². The van der Waals surface area contributed by atoms with E-state index in [9.17, 15) is 9.59 Å². The SMILES string of the molecule is Cc1nnc(NC(=O)CCn2c(C)csc2=O)s1. The quantitative estimate of drug-likeness (QED) is 0.921. The minimum Gasteiger partial charge on any atom is -0.303 e. The fourth-order valence-electron chi connectivity index (χ4n) is 1.42. The third-order valence-corrected chi connectivity index (χ3v) is 3.95. The molecule has 1 amide bonds. The molecule has 2 rings (SSSR count). The Morgan fingerprint density at radius 3 is 2.78 bits per heavy atom. The van der Waals surface area contributed by atoms with Gasteiger partial charge in [0, 0.05) is 24.0 Å². The molecule has 0 aliphatic heterocycles. The van der Waals surface area contributed by atoms with Crippen LogP contribution in [0.3, 0.4) is 0 Å². The van der Waals surface area contributed by atoms with E-state index in [2.05, 4.69) is 15.5 Å². The zero-order valence-corrected chi connectivity index (χ0v) is 11.6. The molecule has 0 aromatic carbocycles. The van der Waals surface area contributed by atoms with Gasteiger partial charge in [0.25, 0.3) is 0 Å². The summed E-state index contributed by atoms with van der Waals surface area (Å²) < 4.78 is 1.59. The van der Waals surface area contributed by atoms with Crippen molar-refractivity contribution in [3.05, 3.63) is 25.7 Å². The van der Waals surface area contributed by atoms with Crippen molar-refractivity contribution in [2.75, 3.05) is 5.32 Å². The second-order valence-corrected chi connectivity index (χ2v) is 5.72. The predicted octanol–water partition coefficient (Wildman–Crippen LogP) is 1.41. The zero-order valence-electron chi connectivity index (χ0n) is 9.97. The average molecular weight is 284 g/mol. The molecule has 1 N–H and O–H groups in total. The standard InChI is InChI=1S/C10H12N4O2S2/c1-6-5-17-10(16)14(6)4-3-8(15)11-9-13-12-7(2)18-9/h5H,3-4H2,1-2H3,(H,11,13,15). The van der Waals surface area contributed by atoms with Crippen molar-refractivity contribution >= 4 is 33.7 Å². The Labute approximate surface area is 111 Å². The van der Waals surface area contributed by atoms with Crippen LogP contribution in [0.4, 0.5) is 5.13 Å². The Hall–Kier alpha value is -1.54. The van der Waals surface area contributed by atoms with Crippen LogP contribution in [0.15, 0.2) is 10.2 Å². The van der Waals surface area contributed by atoms with E-state index >= 15 is 0 Å². The van der Waals surface area contributed by atoms with Crippen molar-refractivity contribution in [2.24, 2.45) is 0 Å². The fourth-order valence-corrected chi connectivity index (χ4v) is 2.79. The van der Waals surface area contributed by atoms with Gasteiger partial charge < -0.3 is 9.88 Å². The van der Waals surface area contributed by atoms with Gasteiger partial charge in [-0.2, -0.15) is 0 Å². The molecule has 2 aromatic rings. The highest BCUT2D eigenvalue weighted by atomic mass is 32.1. The molecule has 2 aromatic heterocycles.